The van der Waals surface area contributed by atoms with Crippen molar-refractivity contribution >= 4 is 17.4 Å². The Morgan fingerprint density at radius 3 is 2.89 bits per heavy atom. The number of nitro groups is 1. The van der Waals surface area contributed by atoms with Gasteiger partial charge < -0.3 is 25.9 Å². The zero-order valence-corrected chi connectivity index (χ0v) is 9.87. The molecule has 8 heteroatoms. The lowest BCUT2D eigenvalue weighted by atomic mass is 10.2. The van der Waals surface area contributed by atoms with Crippen LogP contribution in [0, 0.1) is 10.1 Å². The second-order valence-corrected chi connectivity index (χ2v) is 3.69. The smallest absolute Gasteiger partial charge is 0.364 e. The van der Waals surface area contributed by atoms with Crippen LogP contribution in [0.5, 0.6) is 0 Å². The second-order valence-electron chi connectivity index (χ2n) is 3.69. The summed E-state index contributed by atoms with van der Waals surface area (Å²) >= 11 is 0. The molecule has 1 amide bonds. The van der Waals surface area contributed by atoms with Gasteiger partial charge in [0, 0.05) is 20.2 Å². The molecule has 8 nitrogen and oxygen atoms in total. The second kappa shape index (κ2) is 5.92. The minimum atomic E-state index is -0.691. The van der Waals surface area contributed by atoms with Crippen molar-refractivity contribution in [2.45, 2.75) is 6.42 Å². The van der Waals surface area contributed by atoms with E-state index in [4.69, 9.17) is 10.8 Å². The molecule has 98 valence electrons. The van der Waals surface area contributed by atoms with Crippen LogP contribution in [-0.4, -0.2) is 46.0 Å². The monoisotopic (exact) mass is 254 g/mol. The SMILES string of the molecule is CN(CCCO)C(=O)c1cc([N+](=O)[O-])ncc1N. The van der Waals surface area contributed by atoms with Crippen LogP contribution in [0.3, 0.4) is 0 Å². The van der Waals surface area contributed by atoms with E-state index in [0.717, 1.165) is 12.3 Å². The van der Waals surface area contributed by atoms with E-state index in [0.29, 0.717) is 13.0 Å². The van der Waals surface area contributed by atoms with Crippen molar-refractivity contribution in [3.05, 3.63) is 27.9 Å². The molecule has 0 atom stereocenters. The van der Waals surface area contributed by atoms with Gasteiger partial charge in [0.1, 0.15) is 0 Å². The van der Waals surface area contributed by atoms with Crippen molar-refractivity contribution in [2.24, 2.45) is 0 Å². The minimum Gasteiger partial charge on any atom is -0.396 e. The number of aliphatic hydroxyl groups is 1. The molecule has 0 radical (unpaired) electrons. The number of rotatable bonds is 5. The zero-order valence-electron chi connectivity index (χ0n) is 9.87. The largest absolute Gasteiger partial charge is 0.396 e. The third kappa shape index (κ3) is 3.14. The van der Waals surface area contributed by atoms with Gasteiger partial charge in [0.15, 0.2) is 6.20 Å². The molecule has 0 aliphatic rings. The standard InChI is InChI=1S/C10H14N4O4/c1-13(3-2-4-15)10(16)7-5-9(14(17)18)12-6-8(7)11/h5-6,15H,2-4,11H2,1H3. The fraction of sp³-hybridized carbons (Fsp3) is 0.400. The maximum atomic E-state index is 12.0. The van der Waals surface area contributed by atoms with Gasteiger partial charge in [-0.1, -0.05) is 0 Å². The van der Waals surface area contributed by atoms with Gasteiger partial charge in [0.2, 0.25) is 0 Å². The van der Waals surface area contributed by atoms with Crippen molar-refractivity contribution in [3.63, 3.8) is 0 Å². The Hall–Kier alpha value is -2.22. The number of carbonyl (C=O) groups is 1. The summed E-state index contributed by atoms with van der Waals surface area (Å²) in [6.45, 7) is 0.300. The number of hydrogen-bond acceptors (Lipinski definition) is 6. The quantitative estimate of drug-likeness (QED) is 0.564. The van der Waals surface area contributed by atoms with Gasteiger partial charge in [-0.15, -0.1) is 0 Å². The summed E-state index contributed by atoms with van der Waals surface area (Å²) in [4.78, 5) is 26.7. The number of pyridine rings is 1. The van der Waals surface area contributed by atoms with Gasteiger partial charge >= 0.3 is 5.82 Å². The molecule has 0 fully saturated rings. The molecular formula is C10H14N4O4. The number of aromatic nitrogens is 1. The zero-order chi connectivity index (χ0) is 13.7. The van der Waals surface area contributed by atoms with Crippen molar-refractivity contribution < 1.29 is 14.8 Å². The predicted octanol–water partition coefficient (Wildman–Crippen LogP) is 0.0264. The number of amides is 1. The lowest BCUT2D eigenvalue weighted by Crippen LogP contribution is -2.29. The molecule has 0 saturated carbocycles. The van der Waals surface area contributed by atoms with E-state index in [1.54, 1.807) is 0 Å². The van der Waals surface area contributed by atoms with Gasteiger partial charge in [-0.3, -0.25) is 4.79 Å². The number of nitrogens with zero attached hydrogens (tertiary/aromatic N) is 3. The molecule has 0 unspecified atom stereocenters. The van der Waals surface area contributed by atoms with Gasteiger partial charge in [-0.25, -0.2) is 0 Å². The molecule has 1 heterocycles. The molecule has 1 aromatic rings. The van der Waals surface area contributed by atoms with E-state index in [1.807, 2.05) is 0 Å². The van der Waals surface area contributed by atoms with E-state index in [-0.39, 0.29) is 17.9 Å². The summed E-state index contributed by atoms with van der Waals surface area (Å²) in [7, 11) is 1.53. The molecule has 0 spiro atoms. The van der Waals surface area contributed by atoms with Crippen LogP contribution in [-0.2, 0) is 0 Å². The van der Waals surface area contributed by atoms with Gasteiger partial charge in [0.05, 0.1) is 17.3 Å². The van der Waals surface area contributed by atoms with Crippen LogP contribution in [0.4, 0.5) is 11.5 Å². The van der Waals surface area contributed by atoms with E-state index >= 15 is 0 Å². The Balaban J connectivity index is 2.97. The number of anilines is 1. The van der Waals surface area contributed by atoms with E-state index < -0.39 is 16.6 Å². The summed E-state index contributed by atoms with van der Waals surface area (Å²) in [6, 6.07) is 1.05. The topological polar surface area (TPSA) is 123 Å². The Morgan fingerprint density at radius 1 is 1.67 bits per heavy atom. The molecular weight excluding hydrogens is 240 g/mol. The van der Waals surface area contributed by atoms with Gasteiger partial charge in [-0.05, 0) is 16.3 Å². The maximum absolute atomic E-state index is 12.0. The normalized spacial score (nSPS) is 10.1. The van der Waals surface area contributed by atoms with Crippen LogP contribution in [0.15, 0.2) is 12.3 Å². The summed E-state index contributed by atoms with van der Waals surface area (Å²) in [6.07, 6.45) is 1.51. The first-order valence-electron chi connectivity index (χ1n) is 5.23. The highest BCUT2D eigenvalue weighted by molar-refractivity contribution is 5.99. The van der Waals surface area contributed by atoms with E-state index in [1.165, 1.54) is 11.9 Å². The average Bonchev–Trinajstić information content (AvgIpc) is 2.35. The first-order chi connectivity index (χ1) is 8.47. The molecule has 1 aromatic heterocycles. The van der Waals surface area contributed by atoms with Crippen LogP contribution >= 0.6 is 0 Å². The van der Waals surface area contributed by atoms with Crippen molar-refractivity contribution in [2.75, 3.05) is 25.9 Å². The molecule has 0 aliphatic carbocycles. The average molecular weight is 254 g/mol. The maximum Gasteiger partial charge on any atom is 0.364 e. The van der Waals surface area contributed by atoms with Crippen molar-refractivity contribution in [1.29, 1.82) is 0 Å². The highest BCUT2D eigenvalue weighted by Gasteiger charge is 2.19. The third-order valence-electron chi connectivity index (χ3n) is 2.34. The lowest BCUT2D eigenvalue weighted by Gasteiger charge is -2.16. The summed E-state index contributed by atoms with van der Waals surface area (Å²) in [5, 5.41) is 19.3. The molecule has 0 aromatic carbocycles. The predicted molar refractivity (Wildman–Crippen MR) is 64.0 cm³/mol. The molecule has 18 heavy (non-hydrogen) atoms. The minimum absolute atomic E-state index is 0.0381. The lowest BCUT2D eigenvalue weighted by molar-refractivity contribution is -0.389. The number of aliphatic hydroxyl groups excluding tert-OH is 1. The molecule has 0 saturated heterocycles. The van der Waals surface area contributed by atoms with Crippen LogP contribution in [0.1, 0.15) is 16.8 Å². The third-order valence-corrected chi connectivity index (χ3v) is 2.34. The van der Waals surface area contributed by atoms with Gasteiger partial charge in [0.25, 0.3) is 5.91 Å². The Bertz CT molecular complexity index is 463. The Labute approximate surface area is 103 Å². The molecule has 0 bridgehead atoms. The number of nitrogens with two attached hydrogens (primary N) is 1. The number of nitrogen functional groups attached to an aromatic ring is 1. The van der Waals surface area contributed by atoms with Crippen LogP contribution in [0.2, 0.25) is 0 Å². The highest BCUT2D eigenvalue weighted by atomic mass is 16.6. The first-order valence-corrected chi connectivity index (χ1v) is 5.23. The van der Waals surface area contributed by atoms with E-state index in [2.05, 4.69) is 4.98 Å². The molecule has 1 rings (SSSR count). The summed E-state index contributed by atoms with van der Waals surface area (Å²) in [5.41, 5.74) is 5.70. The summed E-state index contributed by atoms with van der Waals surface area (Å²) < 4.78 is 0. The highest BCUT2D eigenvalue weighted by Crippen LogP contribution is 2.18. The molecule has 0 aliphatic heterocycles. The summed E-state index contributed by atoms with van der Waals surface area (Å²) in [5.74, 6) is -0.866. The Kier molecular flexibility index (Phi) is 4.55. The van der Waals surface area contributed by atoms with Crippen LogP contribution in [0.25, 0.3) is 0 Å². The van der Waals surface area contributed by atoms with Gasteiger partial charge in [-0.2, -0.15) is 0 Å². The molecule has 3 N–H and O–H groups in total. The number of carbonyl (C=O) groups excluding carboxylic acids is 1. The first kappa shape index (κ1) is 13.8. The van der Waals surface area contributed by atoms with Crippen LogP contribution < -0.4 is 5.73 Å². The van der Waals surface area contributed by atoms with Crippen molar-refractivity contribution in [3.8, 4) is 0 Å². The number of hydrogen-bond donors (Lipinski definition) is 2. The fourth-order valence-electron chi connectivity index (χ4n) is 1.36. The Morgan fingerprint density at radius 2 is 2.33 bits per heavy atom. The van der Waals surface area contributed by atoms with E-state index in [9.17, 15) is 14.9 Å². The fourth-order valence-corrected chi connectivity index (χ4v) is 1.36. The van der Waals surface area contributed by atoms with Crippen molar-refractivity contribution in [1.82, 2.24) is 9.88 Å².